The second kappa shape index (κ2) is 12.8. The summed E-state index contributed by atoms with van der Waals surface area (Å²) in [5, 5.41) is 9.03. The first-order chi connectivity index (χ1) is 23.5. The van der Waals surface area contributed by atoms with Gasteiger partial charge in [-0.3, -0.25) is 28.8 Å². The molecule has 0 spiro atoms. The number of piperazine rings is 1. The van der Waals surface area contributed by atoms with E-state index in [2.05, 4.69) is 55.0 Å². The van der Waals surface area contributed by atoms with E-state index in [1.165, 1.54) is 11.6 Å². The molecule has 5 aromatic rings. The van der Waals surface area contributed by atoms with Crippen LogP contribution in [0.2, 0.25) is 0 Å². The van der Waals surface area contributed by atoms with Gasteiger partial charge in [-0.15, -0.1) is 5.10 Å². The van der Waals surface area contributed by atoms with Gasteiger partial charge in [0.2, 0.25) is 0 Å². The van der Waals surface area contributed by atoms with Crippen molar-refractivity contribution < 1.29 is 9.59 Å². The fourth-order valence-electron chi connectivity index (χ4n) is 6.75. The maximum Gasteiger partial charge on any atom is 0.329 e. The molecule has 2 aromatic carbocycles. The Bertz CT molecular complexity index is 2170. The lowest BCUT2D eigenvalue weighted by molar-refractivity contribution is -0.123. The number of nitrogens with one attached hydrogen (secondary N) is 1. The Morgan fingerprint density at radius 2 is 1.67 bits per heavy atom. The van der Waals surface area contributed by atoms with Crippen molar-refractivity contribution >= 4 is 44.5 Å². The Morgan fingerprint density at radius 1 is 0.959 bits per heavy atom. The zero-order chi connectivity index (χ0) is 34.4. The number of pyridine rings is 1. The van der Waals surface area contributed by atoms with Gasteiger partial charge in [0, 0.05) is 55.5 Å². The number of H-pyrrole nitrogens is 1. The molecular weight excluding hydrogens is 690 g/mol. The number of carbonyl (C=O) groups is 2. The van der Waals surface area contributed by atoms with Gasteiger partial charge in [0.15, 0.2) is 5.65 Å². The minimum atomic E-state index is -0.646. The van der Waals surface area contributed by atoms with Gasteiger partial charge in [-0.1, -0.05) is 51.5 Å². The summed E-state index contributed by atoms with van der Waals surface area (Å²) in [6.07, 6.45) is 3.40. The molecule has 0 bridgehead atoms. The lowest BCUT2D eigenvalue weighted by atomic mass is 9.97. The minimum Gasteiger partial charge on any atom is -0.336 e. The van der Waals surface area contributed by atoms with Gasteiger partial charge in [-0.25, -0.2) is 14.5 Å². The molecule has 2 aliphatic rings. The number of hydrogen-bond donors (Lipinski definition) is 1. The summed E-state index contributed by atoms with van der Waals surface area (Å²) >= 11 is 3.46. The van der Waals surface area contributed by atoms with Crippen LogP contribution in [0.5, 0.6) is 0 Å². The zero-order valence-corrected chi connectivity index (χ0v) is 29.1. The van der Waals surface area contributed by atoms with Crippen LogP contribution in [0, 0.1) is 0 Å². The quantitative estimate of drug-likeness (QED) is 0.279. The van der Waals surface area contributed by atoms with Gasteiger partial charge in [-0.2, -0.15) is 0 Å². The van der Waals surface area contributed by atoms with Crippen molar-refractivity contribution in [1.82, 2.24) is 39.3 Å². The van der Waals surface area contributed by atoms with E-state index in [1.54, 1.807) is 15.6 Å². The molecule has 13 nitrogen and oxygen atoms in total. The topological polar surface area (TPSA) is 142 Å². The number of halogens is 1. The number of benzene rings is 2. The Balaban J connectivity index is 1.09. The number of rotatable bonds is 6. The Morgan fingerprint density at radius 3 is 2.39 bits per heavy atom. The molecule has 3 aromatic heterocycles. The Kier molecular flexibility index (Phi) is 8.53. The van der Waals surface area contributed by atoms with Crippen LogP contribution in [0.1, 0.15) is 48.8 Å². The van der Waals surface area contributed by atoms with Crippen LogP contribution in [0.25, 0.3) is 22.3 Å². The molecule has 7 rings (SSSR count). The van der Waals surface area contributed by atoms with Crippen molar-refractivity contribution in [2.24, 2.45) is 7.05 Å². The van der Waals surface area contributed by atoms with E-state index in [0.717, 1.165) is 27.8 Å². The molecule has 0 radical (unpaired) electrons. The summed E-state index contributed by atoms with van der Waals surface area (Å²) in [5.74, 6) is -0.309. The molecule has 2 amide bonds. The van der Waals surface area contributed by atoms with Gasteiger partial charge in [-0.05, 0) is 57.0 Å². The molecule has 2 aliphatic heterocycles. The molecule has 1 N–H and O–H groups in total. The standard InChI is InChI=1S/C35H36BrN9O4/c1-35(2,28-21-45(40-39-28)27-10-7-15-44(33(27)48)24-13-11-23(36)12-14-24)43-18-16-42(17-19-43)32(47)25-20-26(22-8-5-4-6-9-22)37-30-29(25)31(46)38-34(49)41(30)3/h4-6,8-9,11-14,20-21,27H,7,10,15-19H2,1-3H3,(H,38,46,49). The highest BCUT2D eigenvalue weighted by Gasteiger charge is 2.38. The predicted octanol–water partition coefficient (Wildman–Crippen LogP) is 3.70. The van der Waals surface area contributed by atoms with E-state index < -0.39 is 22.8 Å². The number of nitrogens with zero attached hydrogens (tertiary/aromatic N) is 8. The third-order valence-corrected chi connectivity index (χ3v) is 10.3. The van der Waals surface area contributed by atoms with Crippen molar-refractivity contribution in [3.8, 4) is 11.3 Å². The maximum absolute atomic E-state index is 14.1. The van der Waals surface area contributed by atoms with E-state index in [1.807, 2.05) is 65.7 Å². The highest BCUT2D eigenvalue weighted by atomic mass is 79.9. The predicted molar refractivity (Wildman–Crippen MR) is 188 cm³/mol. The minimum absolute atomic E-state index is 0.00656. The highest BCUT2D eigenvalue weighted by molar-refractivity contribution is 9.10. The van der Waals surface area contributed by atoms with Crippen LogP contribution in [-0.4, -0.2) is 83.9 Å². The Labute approximate surface area is 290 Å². The molecule has 0 aliphatic carbocycles. The van der Waals surface area contributed by atoms with Gasteiger partial charge in [0.1, 0.15) is 11.7 Å². The molecule has 14 heteroatoms. The van der Waals surface area contributed by atoms with Crippen molar-refractivity contribution in [3.05, 3.63) is 103 Å². The second-order valence-corrected chi connectivity index (χ2v) is 13.9. The average Bonchev–Trinajstić information content (AvgIpc) is 3.62. The number of fused-ring (bicyclic) bond motifs is 1. The fraction of sp³-hybridized carbons (Fsp3) is 0.343. The van der Waals surface area contributed by atoms with E-state index in [0.29, 0.717) is 44.8 Å². The lowest BCUT2D eigenvalue weighted by Crippen LogP contribution is -2.54. The smallest absolute Gasteiger partial charge is 0.329 e. The first-order valence-electron chi connectivity index (χ1n) is 16.3. The zero-order valence-electron chi connectivity index (χ0n) is 27.5. The third kappa shape index (κ3) is 5.99. The average molecular weight is 727 g/mol. The highest BCUT2D eigenvalue weighted by Crippen LogP contribution is 2.32. The van der Waals surface area contributed by atoms with Crippen molar-refractivity contribution in [2.45, 2.75) is 38.3 Å². The number of aromatic nitrogens is 6. The summed E-state index contributed by atoms with van der Waals surface area (Å²) in [6.45, 7) is 6.71. The number of anilines is 1. The van der Waals surface area contributed by atoms with Crippen molar-refractivity contribution in [3.63, 3.8) is 0 Å². The number of amides is 2. The largest absolute Gasteiger partial charge is 0.336 e. The normalized spacial score (nSPS) is 17.6. The number of aromatic amines is 1. The molecule has 1 unspecified atom stereocenters. The van der Waals surface area contributed by atoms with E-state index in [-0.39, 0.29) is 28.4 Å². The van der Waals surface area contributed by atoms with Gasteiger partial charge < -0.3 is 9.80 Å². The third-order valence-electron chi connectivity index (χ3n) is 9.73. The first-order valence-corrected chi connectivity index (χ1v) is 17.1. The van der Waals surface area contributed by atoms with Gasteiger partial charge >= 0.3 is 5.69 Å². The first kappa shape index (κ1) is 32.6. The fourth-order valence-corrected chi connectivity index (χ4v) is 7.02. The van der Waals surface area contributed by atoms with E-state index in [4.69, 9.17) is 0 Å². The van der Waals surface area contributed by atoms with Crippen LogP contribution in [0.3, 0.4) is 0 Å². The summed E-state index contributed by atoms with van der Waals surface area (Å²) in [5.41, 5.74) is 1.43. The Hall–Kier alpha value is -4.95. The number of aryl methyl sites for hydroxylation is 1. The van der Waals surface area contributed by atoms with Crippen LogP contribution >= 0.6 is 15.9 Å². The summed E-state index contributed by atoms with van der Waals surface area (Å²) in [4.78, 5) is 65.9. The van der Waals surface area contributed by atoms with Crippen molar-refractivity contribution in [2.75, 3.05) is 37.6 Å². The summed E-state index contributed by atoms with van der Waals surface area (Å²) < 4.78 is 3.90. The van der Waals surface area contributed by atoms with Crippen molar-refractivity contribution in [1.29, 1.82) is 0 Å². The second-order valence-electron chi connectivity index (χ2n) is 13.0. The molecule has 5 heterocycles. The van der Waals surface area contributed by atoms with Gasteiger partial charge in [0.25, 0.3) is 17.4 Å². The van der Waals surface area contributed by atoms with Gasteiger partial charge in [0.05, 0.1) is 28.4 Å². The molecule has 1 atom stereocenters. The van der Waals surface area contributed by atoms with Crippen LogP contribution in [0.4, 0.5) is 5.69 Å². The number of hydrogen-bond acceptors (Lipinski definition) is 8. The SMILES string of the molecule is Cn1c(=O)[nH]c(=O)c2c(C(=O)N3CCN(C(C)(C)c4cn(C5CCCN(c6ccc(Br)cc6)C5=O)nn4)CC3)cc(-c3ccccc3)nc21. The van der Waals surface area contributed by atoms with Crippen LogP contribution in [0.15, 0.2) is 80.9 Å². The number of piperidine rings is 1. The van der Waals surface area contributed by atoms with E-state index >= 15 is 0 Å². The van der Waals surface area contributed by atoms with E-state index in [9.17, 15) is 19.2 Å². The summed E-state index contributed by atoms with van der Waals surface area (Å²) in [7, 11) is 1.52. The molecule has 49 heavy (non-hydrogen) atoms. The summed E-state index contributed by atoms with van der Waals surface area (Å²) in [6, 6.07) is 18.3. The molecule has 2 saturated heterocycles. The molecule has 0 saturated carbocycles. The maximum atomic E-state index is 14.1. The van der Waals surface area contributed by atoms with Crippen LogP contribution in [-0.2, 0) is 17.4 Å². The molecule has 2 fully saturated rings. The monoisotopic (exact) mass is 725 g/mol. The van der Waals surface area contributed by atoms with Crippen LogP contribution < -0.4 is 16.1 Å². The molecular formula is C35H36BrN9O4. The number of carbonyl (C=O) groups excluding carboxylic acids is 2. The lowest BCUT2D eigenvalue weighted by Gasteiger charge is -2.43. The molecule has 252 valence electrons.